The summed E-state index contributed by atoms with van der Waals surface area (Å²) in [5.74, 6) is 0.200. The first-order valence-electron chi connectivity index (χ1n) is 7.25. The van der Waals surface area contributed by atoms with Crippen LogP contribution in [0.25, 0.3) is 0 Å². The second-order valence-electron chi connectivity index (χ2n) is 5.75. The molecule has 0 aromatic carbocycles. The van der Waals surface area contributed by atoms with Crippen molar-refractivity contribution >= 4 is 17.2 Å². The summed E-state index contributed by atoms with van der Waals surface area (Å²) in [6.45, 7) is 5.73. The van der Waals surface area contributed by atoms with Gasteiger partial charge in [0.25, 0.3) is 0 Å². The summed E-state index contributed by atoms with van der Waals surface area (Å²) in [5.41, 5.74) is 1.39. The lowest BCUT2D eigenvalue weighted by atomic mass is 10.0. The molecule has 1 aliphatic heterocycles. The van der Waals surface area contributed by atoms with Gasteiger partial charge in [0.2, 0.25) is 5.91 Å². The Morgan fingerprint density at radius 2 is 2.15 bits per heavy atom. The van der Waals surface area contributed by atoms with E-state index in [2.05, 4.69) is 28.6 Å². The fourth-order valence-corrected chi connectivity index (χ4v) is 3.31. The minimum atomic E-state index is 0.200. The predicted molar refractivity (Wildman–Crippen MR) is 84.1 cm³/mol. The number of carbonyl (C=O) groups excluding carboxylic acids is 1. The predicted octanol–water partition coefficient (Wildman–Crippen LogP) is 1.70. The molecule has 4 nitrogen and oxygen atoms in total. The summed E-state index contributed by atoms with van der Waals surface area (Å²) in [6.07, 6.45) is 2.26. The molecule has 1 aromatic rings. The summed E-state index contributed by atoms with van der Waals surface area (Å²) >= 11 is 1.83. The minimum absolute atomic E-state index is 0.200. The van der Waals surface area contributed by atoms with Gasteiger partial charge in [0, 0.05) is 44.6 Å². The third kappa shape index (κ3) is 4.30. The number of nitrogens with zero attached hydrogens (tertiary/aromatic N) is 2. The van der Waals surface area contributed by atoms with Gasteiger partial charge in [-0.25, -0.2) is 0 Å². The fourth-order valence-electron chi connectivity index (χ4n) is 2.45. The van der Waals surface area contributed by atoms with E-state index in [0.717, 1.165) is 32.5 Å². The smallest absolute Gasteiger partial charge is 0.236 e. The van der Waals surface area contributed by atoms with Crippen molar-refractivity contribution in [3.05, 3.63) is 21.9 Å². The van der Waals surface area contributed by atoms with Crippen molar-refractivity contribution in [2.24, 2.45) is 0 Å². The van der Waals surface area contributed by atoms with Gasteiger partial charge in [-0.15, -0.1) is 11.3 Å². The minimum Gasteiger partial charge on any atom is -0.348 e. The van der Waals surface area contributed by atoms with Crippen LogP contribution in [-0.4, -0.2) is 55.5 Å². The number of nitrogens with one attached hydrogen (secondary N) is 1. The van der Waals surface area contributed by atoms with Crippen LogP contribution in [0.15, 0.2) is 11.4 Å². The zero-order valence-corrected chi connectivity index (χ0v) is 13.5. The van der Waals surface area contributed by atoms with E-state index in [1.165, 1.54) is 10.4 Å². The number of rotatable bonds is 5. The maximum absolute atomic E-state index is 11.7. The maximum Gasteiger partial charge on any atom is 0.236 e. The highest BCUT2D eigenvalue weighted by Crippen LogP contribution is 2.17. The van der Waals surface area contributed by atoms with Crippen LogP contribution in [0.3, 0.4) is 0 Å². The number of hydrogen-bond donors (Lipinski definition) is 1. The number of piperidine rings is 1. The Bertz CT molecular complexity index is 436. The Labute approximate surface area is 125 Å². The largest absolute Gasteiger partial charge is 0.348 e. The number of hydrogen-bond acceptors (Lipinski definition) is 4. The molecule has 1 aromatic heterocycles. The van der Waals surface area contributed by atoms with E-state index in [0.29, 0.717) is 12.6 Å². The molecule has 0 aliphatic carbocycles. The molecular weight excluding hydrogens is 270 g/mol. The molecule has 0 atom stereocenters. The molecular formula is C15H25N3OS. The van der Waals surface area contributed by atoms with Crippen molar-refractivity contribution in [3.63, 3.8) is 0 Å². The van der Waals surface area contributed by atoms with Crippen LogP contribution >= 0.6 is 11.3 Å². The van der Waals surface area contributed by atoms with Gasteiger partial charge < -0.3 is 10.2 Å². The molecule has 1 amide bonds. The van der Waals surface area contributed by atoms with Crippen molar-refractivity contribution in [1.82, 2.24) is 15.1 Å². The molecule has 0 unspecified atom stereocenters. The zero-order valence-electron chi connectivity index (χ0n) is 12.7. The van der Waals surface area contributed by atoms with Crippen molar-refractivity contribution in [2.45, 2.75) is 32.4 Å². The highest BCUT2D eigenvalue weighted by Gasteiger charge is 2.21. The van der Waals surface area contributed by atoms with Gasteiger partial charge in [-0.1, -0.05) is 0 Å². The second-order valence-corrected chi connectivity index (χ2v) is 6.75. The molecule has 0 bridgehead atoms. The van der Waals surface area contributed by atoms with E-state index in [1.807, 2.05) is 25.4 Å². The molecule has 0 radical (unpaired) electrons. The standard InChI is InChI=1S/C15H25N3OS/c1-12-6-9-20-14(12)10-16-13-4-7-18(8-5-13)11-15(19)17(2)3/h6,9,13,16H,4-5,7-8,10-11H2,1-3H3. The third-order valence-electron chi connectivity index (χ3n) is 3.96. The molecule has 0 saturated carbocycles. The molecule has 112 valence electrons. The average molecular weight is 295 g/mol. The number of likely N-dealkylation sites (N-methyl/N-ethyl adjacent to an activating group) is 1. The first-order valence-corrected chi connectivity index (χ1v) is 8.13. The van der Waals surface area contributed by atoms with E-state index in [1.54, 1.807) is 4.90 Å². The monoisotopic (exact) mass is 295 g/mol. The van der Waals surface area contributed by atoms with Gasteiger partial charge in [0.1, 0.15) is 0 Å². The van der Waals surface area contributed by atoms with Gasteiger partial charge in [-0.3, -0.25) is 9.69 Å². The summed E-state index contributed by atoms with van der Waals surface area (Å²) in [5, 5.41) is 5.80. The lowest BCUT2D eigenvalue weighted by Crippen LogP contribution is -2.45. The van der Waals surface area contributed by atoms with Gasteiger partial charge in [-0.2, -0.15) is 0 Å². The Hall–Kier alpha value is -0.910. The summed E-state index contributed by atoms with van der Waals surface area (Å²) in [4.78, 5) is 17.1. The van der Waals surface area contributed by atoms with Gasteiger partial charge in [0.15, 0.2) is 0 Å². The van der Waals surface area contributed by atoms with Gasteiger partial charge in [0.05, 0.1) is 6.54 Å². The van der Waals surface area contributed by atoms with Crippen molar-refractivity contribution in [3.8, 4) is 0 Å². The number of aryl methyl sites for hydroxylation is 1. The Morgan fingerprint density at radius 3 is 2.70 bits per heavy atom. The molecule has 20 heavy (non-hydrogen) atoms. The molecule has 1 N–H and O–H groups in total. The van der Waals surface area contributed by atoms with E-state index >= 15 is 0 Å². The van der Waals surface area contributed by atoms with Crippen LogP contribution in [0.4, 0.5) is 0 Å². The molecule has 1 aliphatic rings. The molecule has 1 saturated heterocycles. The highest BCUT2D eigenvalue weighted by molar-refractivity contribution is 7.10. The first-order chi connectivity index (χ1) is 9.56. The summed E-state index contributed by atoms with van der Waals surface area (Å²) in [6, 6.07) is 2.76. The van der Waals surface area contributed by atoms with Crippen LogP contribution in [-0.2, 0) is 11.3 Å². The van der Waals surface area contributed by atoms with Crippen molar-refractivity contribution in [2.75, 3.05) is 33.7 Å². The van der Waals surface area contributed by atoms with Crippen LogP contribution < -0.4 is 5.32 Å². The lowest BCUT2D eigenvalue weighted by molar-refractivity contribution is -0.130. The molecule has 1 fully saturated rings. The van der Waals surface area contributed by atoms with Crippen LogP contribution in [0.2, 0.25) is 0 Å². The Morgan fingerprint density at radius 1 is 1.45 bits per heavy atom. The Balaban J connectivity index is 1.69. The van der Waals surface area contributed by atoms with Crippen molar-refractivity contribution < 1.29 is 4.79 Å². The number of carbonyl (C=O) groups is 1. The topological polar surface area (TPSA) is 35.6 Å². The third-order valence-corrected chi connectivity index (χ3v) is 4.99. The van der Waals surface area contributed by atoms with Crippen molar-refractivity contribution in [1.29, 1.82) is 0 Å². The van der Waals surface area contributed by atoms with Gasteiger partial charge in [-0.05, 0) is 36.8 Å². The normalized spacial score (nSPS) is 17.4. The Kier molecular flexibility index (Phi) is 5.57. The molecule has 2 heterocycles. The lowest BCUT2D eigenvalue weighted by Gasteiger charge is -2.32. The number of amides is 1. The van der Waals surface area contributed by atoms with Crippen LogP contribution in [0.1, 0.15) is 23.3 Å². The van der Waals surface area contributed by atoms with E-state index in [9.17, 15) is 4.79 Å². The molecule has 5 heteroatoms. The maximum atomic E-state index is 11.7. The van der Waals surface area contributed by atoms with Crippen LogP contribution in [0, 0.1) is 6.92 Å². The van der Waals surface area contributed by atoms with Gasteiger partial charge >= 0.3 is 0 Å². The quantitative estimate of drug-likeness (QED) is 0.898. The summed E-state index contributed by atoms with van der Waals surface area (Å²) in [7, 11) is 3.64. The summed E-state index contributed by atoms with van der Waals surface area (Å²) < 4.78 is 0. The molecule has 0 spiro atoms. The van der Waals surface area contributed by atoms with E-state index in [-0.39, 0.29) is 5.91 Å². The molecule has 2 rings (SSSR count). The number of likely N-dealkylation sites (tertiary alicyclic amines) is 1. The average Bonchev–Trinajstić information content (AvgIpc) is 2.83. The fraction of sp³-hybridized carbons (Fsp3) is 0.667. The second kappa shape index (κ2) is 7.20. The zero-order chi connectivity index (χ0) is 14.5. The van der Waals surface area contributed by atoms with E-state index in [4.69, 9.17) is 0 Å². The SMILES string of the molecule is Cc1ccsc1CNC1CCN(CC(=O)N(C)C)CC1. The van der Waals surface area contributed by atoms with Crippen LogP contribution in [0.5, 0.6) is 0 Å². The number of thiophene rings is 1. The first kappa shape index (κ1) is 15.5. The van der Waals surface area contributed by atoms with E-state index < -0.39 is 0 Å². The highest BCUT2D eigenvalue weighted by atomic mass is 32.1.